The molecule has 0 saturated carbocycles. The Hall–Kier alpha value is -2.54. The SMILES string of the molecule is CN1C(=O)C([N+](=O)[O-])C(/C=C/c2ccc(Cl)cc2)=[N+](C)C1=O. The number of likely N-dealkylation sites (N-methyl/N-ethyl adjacent to an activating group) is 1. The minimum absolute atomic E-state index is 0.0213. The standard InChI is InChI=1S/C14H13ClN3O4/c1-16-11(8-5-9-3-6-10(15)7-4-9)12(18(21)22)13(19)17(2)14(16)20/h3-8,12H,1-2H3/q+1/b8-5+. The number of rotatable bonds is 3. The topological polar surface area (TPSA) is 83.5 Å². The van der Waals surface area contributed by atoms with E-state index in [0.29, 0.717) is 5.02 Å². The number of amides is 3. The van der Waals surface area contributed by atoms with Gasteiger partial charge in [-0.05, 0) is 23.8 Å². The summed E-state index contributed by atoms with van der Waals surface area (Å²) in [7, 11) is 2.61. The Balaban J connectivity index is 2.44. The van der Waals surface area contributed by atoms with Crippen LogP contribution in [0.15, 0.2) is 30.3 Å². The first-order chi connectivity index (χ1) is 10.3. The molecule has 8 heteroatoms. The van der Waals surface area contributed by atoms with E-state index in [0.717, 1.165) is 15.0 Å². The van der Waals surface area contributed by atoms with E-state index in [1.807, 2.05) is 0 Å². The fraction of sp³-hybridized carbons (Fsp3) is 0.214. The molecule has 1 aromatic rings. The van der Waals surface area contributed by atoms with Crippen LogP contribution >= 0.6 is 11.6 Å². The van der Waals surface area contributed by atoms with Crippen LogP contribution in [0.25, 0.3) is 6.08 Å². The van der Waals surface area contributed by atoms with E-state index < -0.39 is 22.9 Å². The Morgan fingerprint density at radius 2 is 1.86 bits per heavy atom. The first-order valence-electron chi connectivity index (χ1n) is 6.32. The third-order valence-electron chi connectivity index (χ3n) is 3.33. The van der Waals surface area contributed by atoms with Crippen molar-refractivity contribution in [3.05, 3.63) is 51.0 Å². The first-order valence-corrected chi connectivity index (χ1v) is 6.70. The van der Waals surface area contributed by atoms with Crippen molar-refractivity contribution < 1.29 is 19.1 Å². The van der Waals surface area contributed by atoms with Crippen LogP contribution in [0.1, 0.15) is 5.56 Å². The molecule has 7 nitrogen and oxygen atoms in total. The molecular weight excluding hydrogens is 310 g/mol. The molecule has 0 fully saturated rings. The predicted octanol–water partition coefficient (Wildman–Crippen LogP) is 1.67. The highest BCUT2D eigenvalue weighted by atomic mass is 35.5. The van der Waals surface area contributed by atoms with Gasteiger partial charge in [-0.15, -0.1) is 0 Å². The number of urea groups is 1. The van der Waals surface area contributed by atoms with Crippen molar-refractivity contribution in [1.29, 1.82) is 0 Å². The fourth-order valence-corrected chi connectivity index (χ4v) is 2.21. The summed E-state index contributed by atoms with van der Waals surface area (Å²) in [6.07, 6.45) is 2.99. The molecule has 1 aromatic carbocycles. The maximum absolute atomic E-state index is 12.0. The third kappa shape index (κ3) is 2.89. The van der Waals surface area contributed by atoms with Gasteiger partial charge < -0.3 is 0 Å². The monoisotopic (exact) mass is 322 g/mol. The van der Waals surface area contributed by atoms with Gasteiger partial charge in [-0.3, -0.25) is 10.1 Å². The van der Waals surface area contributed by atoms with Gasteiger partial charge in [0.05, 0.1) is 14.1 Å². The molecule has 3 amide bonds. The molecular formula is C14H13ClN3O4+. The average Bonchev–Trinajstić information content (AvgIpc) is 2.48. The van der Waals surface area contributed by atoms with Gasteiger partial charge >= 0.3 is 18.0 Å². The molecule has 0 N–H and O–H groups in total. The number of carbonyl (C=O) groups is 2. The van der Waals surface area contributed by atoms with Crippen molar-refractivity contribution in [2.45, 2.75) is 6.04 Å². The molecule has 1 aliphatic heterocycles. The fourth-order valence-electron chi connectivity index (χ4n) is 2.08. The van der Waals surface area contributed by atoms with Crippen LogP contribution in [-0.4, -0.2) is 52.2 Å². The Bertz CT molecular complexity index is 709. The summed E-state index contributed by atoms with van der Waals surface area (Å²) in [6.45, 7) is 0. The number of hydrogen-bond donors (Lipinski definition) is 0. The summed E-state index contributed by atoms with van der Waals surface area (Å²) in [6, 6.07) is 4.57. The van der Waals surface area contributed by atoms with Crippen LogP contribution in [0.3, 0.4) is 0 Å². The molecule has 0 spiro atoms. The Morgan fingerprint density at radius 3 is 2.41 bits per heavy atom. The van der Waals surface area contributed by atoms with Crippen LogP contribution in [0.2, 0.25) is 5.02 Å². The second kappa shape index (κ2) is 6.07. The molecule has 0 aromatic heterocycles. The normalized spacial score (nSPS) is 19.2. The molecule has 2 rings (SSSR count). The number of halogens is 1. The van der Waals surface area contributed by atoms with Crippen molar-refractivity contribution >= 4 is 35.3 Å². The van der Waals surface area contributed by atoms with Gasteiger partial charge in [0.15, 0.2) is 5.71 Å². The zero-order valence-corrected chi connectivity index (χ0v) is 12.6. The van der Waals surface area contributed by atoms with Gasteiger partial charge in [0, 0.05) is 9.95 Å². The molecule has 1 aliphatic rings. The lowest BCUT2D eigenvalue weighted by Gasteiger charge is -2.18. The van der Waals surface area contributed by atoms with E-state index in [1.54, 1.807) is 30.3 Å². The van der Waals surface area contributed by atoms with Gasteiger partial charge in [0.1, 0.15) is 0 Å². The minimum atomic E-state index is -1.60. The summed E-state index contributed by atoms with van der Waals surface area (Å²) in [4.78, 5) is 35.1. The number of benzene rings is 1. The molecule has 0 radical (unpaired) electrons. The van der Waals surface area contributed by atoms with E-state index in [2.05, 4.69) is 0 Å². The molecule has 1 atom stereocenters. The first kappa shape index (κ1) is 15.8. The van der Waals surface area contributed by atoms with Gasteiger partial charge in [0.25, 0.3) is 0 Å². The number of carbonyl (C=O) groups excluding carboxylic acids is 2. The lowest BCUT2D eigenvalue weighted by atomic mass is 10.1. The van der Waals surface area contributed by atoms with Gasteiger partial charge in [-0.2, -0.15) is 14.3 Å². The van der Waals surface area contributed by atoms with Crippen LogP contribution in [0.5, 0.6) is 0 Å². The summed E-state index contributed by atoms with van der Waals surface area (Å²) >= 11 is 5.78. The van der Waals surface area contributed by atoms with Crippen LogP contribution in [0.4, 0.5) is 4.79 Å². The summed E-state index contributed by atoms with van der Waals surface area (Å²) < 4.78 is 1.10. The minimum Gasteiger partial charge on any atom is -0.263 e. The number of nitrogens with zero attached hydrogens (tertiary/aromatic N) is 3. The zero-order valence-electron chi connectivity index (χ0n) is 11.9. The second-order valence-corrected chi connectivity index (χ2v) is 5.17. The van der Waals surface area contributed by atoms with Crippen LogP contribution in [-0.2, 0) is 4.79 Å². The van der Waals surface area contributed by atoms with Gasteiger partial charge in [0.2, 0.25) is 0 Å². The number of hydrogen-bond acceptors (Lipinski definition) is 4. The maximum atomic E-state index is 12.0. The quantitative estimate of drug-likeness (QED) is 0.481. The lowest BCUT2D eigenvalue weighted by Crippen LogP contribution is -2.57. The second-order valence-electron chi connectivity index (χ2n) is 4.74. The van der Waals surface area contributed by atoms with Crippen molar-refractivity contribution in [3.8, 4) is 0 Å². The molecule has 114 valence electrons. The zero-order chi connectivity index (χ0) is 16.4. The van der Waals surface area contributed by atoms with Crippen molar-refractivity contribution in [1.82, 2.24) is 4.90 Å². The summed E-state index contributed by atoms with van der Waals surface area (Å²) in [5.41, 5.74) is 0.763. The maximum Gasteiger partial charge on any atom is 0.500 e. The van der Waals surface area contributed by atoms with Crippen molar-refractivity contribution in [2.75, 3.05) is 14.1 Å². The predicted molar refractivity (Wildman–Crippen MR) is 80.6 cm³/mol. The highest BCUT2D eigenvalue weighted by Crippen LogP contribution is 2.13. The highest BCUT2D eigenvalue weighted by molar-refractivity contribution is 6.30. The third-order valence-corrected chi connectivity index (χ3v) is 3.59. The van der Waals surface area contributed by atoms with E-state index in [-0.39, 0.29) is 5.71 Å². The summed E-state index contributed by atoms with van der Waals surface area (Å²) in [5.74, 6) is -0.858. The molecule has 1 unspecified atom stereocenters. The number of nitro groups is 1. The average molecular weight is 323 g/mol. The van der Waals surface area contributed by atoms with E-state index in [4.69, 9.17) is 11.6 Å². The van der Waals surface area contributed by atoms with E-state index >= 15 is 0 Å². The van der Waals surface area contributed by atoms with E-state index in [9.17, 15) is 19.7 Å². The van der Waals surface area contributed by atoms with E-state index in [1.165, 1.54) is 20.2 Å². The molecule has 22 heavy (non-hydrogen) atoms. The van der Waals surface area contributed by atoms with Gasteiger partial charge in [-0.25, -0.2) is 4.79 Å². The Kier molecular flexibility index (Phi) is 4.37. The van der Waals surface area contributed by atoms with Crippen molar-refractivity contribution in [3.63, 3.8) is 0 Å². The number of imide groups is 1. The Morgan fingerprint density at radius 1 is 1.27 bits per heavy atom. The summed E-state index contributed by atoms with van der Waals surface area (Å²) in [5, 5.41) is 11.7. The van der Waals surface area contributed by atoms with Crippen LogP contribution < -0.4 is 0 Å². The molecule has 0 aliphatic carbocycles. The van der Waals surface area contributed by atoms with Crippen LogP contribution in [0, 0.1) is 10.1 Å². The molecule has 0 bridgehead atoms. The largest absolute Gasteiger partial charge is 0.500 e. The molecule has 1 heterocycles. The smallest absolute Gasteiger partial charge is 0.263 e. The highest BCUT2D eigenvalue weighted by Gasteiger charge is 2.51. The van der Waals surface area contributed by atoms with Crippen molar-refractivity contribution in [2.24, 2.45) is 0 Å². The lowest BCUT2D eigenvalue weighted by molar-refractivity contribution is -0.509. The Labute approximate surface area is 131 Å². The van der Waals surface area contributed by atoms with Gasteiger partial charge in [-0.1, -0.05) is 29.8 Å². The molecule has 0 saturated heterocycles.